The highest BCUT2D eigenvalue weighted by Gasteiger charge is 2.21. The van der Waals surface area contributed by atoms with Crippen LogP contribution < -0.4 is 11.1 Å². The lowest BCUT2D eigenvalue weighted by Crippen LogP contribution is -2.48. The van der Waals surface area contributed by atoms with Crippen LogP contribution in [0.4, 0.5) is 0 Å². The number of nitrogens with one attached hydrogen (secondary N) is 1. The summed E-state index contributed by atoms with van der Waals surface area (Å²) in [7, 11) is 0. The predicted octanol–water partition coefficient (Wildman–Crippen LogP) is 1.50. The molecule has 1 heterocycles. The van der Waals surface area contributed by atoms with Gasteiger partial charge in [0, 0.05) is 31.6 Å². The maximum atomic E-state index is 11.8. The van der Waals surface area contributed by atoms with E-state index in [0.29, 0.717) is 6.42 Å². The van der Waals surface area contributed by atoms with Crippen LogP contribution in [0.2, 0.25) is 0 Å². The Bertz CT molecular complexity index is 419. The van der Waals surface area contributed by atoms with Crippen molar-refractivity contribution >= 4 is 5.91 Å². The van der Waals surface area contributed by atoms with E-state index in [1.165, 1.54) is 5.56 Å². The number of amides is 1. The molecule has 0 aliphatic carbocycles. The quantitative estimate of drug-likeness (QED) is 0.856. The van der Waals surface area contributed by atoms with Crippen LogP contribution in [0, 0.1) is 0 Å². The largest absolute Gasteiger partial charge is 0.352 e. The first-order chi connectivity index (χ1) is 9.63. The Morgan fingerprint density at radius 3 is 2.90 bits per heavy atom. The van der Waals surface area contributed by atoms with Crippen LogP contribution in [0.3, 0.4) is 0 Å². The van der Waals surface area contributed by atoms with Crippen LogP contribution >= 0.6 is 0 Å². The highest BCUT2D eigenvalue weighted by Crippen LogP contribution is 2.13. The lowest BCUT2D eigenvalue weighted by atomic mass is 10.0. The van der Waals surface area contributed by atoms with Crippen LogP contribution in [-0.4, -0.2) is 36.0 Å². The third kappa shape index (κ3) is 4.94. The SMILES string of the molecule is CC(N)CC(=O)NC1CCCN(Cc2ccccc2)C1. The fraction of sp³-hybridized carbons (Fsp3) is 0.562. The summed E-state index contributed by atoms with van der Waals surface area (Å²) in [6, 6.07) is 10.7. The molecule has 110 valence electrons. The van der Waals surface area contributed by atoms with Crippen molar-refractivity contribution in [2.24, 2.45) is 5.73 Å². The average molecular weight is 275 g/mol. The zero-order chi connectivity index (χ0) is 14.4. The zero-order valence-electron chi connectivity index (χ0n) is 12.2. The molecule has 2 unspecified atom stereocenters. The number of piperidine rings is 1. The first kappa shape index (κ1) is 15.0. The van der Waals surface area contributed by atoms with Gasteiger partial charge in [-0.05, 0) is 31.9 Å². The van der Waals surface area contributed by atoms with Gasteiger partial charge >= 0.3 is 0 Å². The van der Waals surface area contributed by atoms with Crippen molar-refractivity contribution in [3.63, 3.8) is 0 Å². The molecular formula is C16H25N3O. The summed E-state index contributed by atoms with van der Waals surface area (Å²) in [6.45, 7) is 4.86. The normalized spacial score (nSPS) is 21.4. The third-order valence-electron chi connectivity index (χ3n) is 3.63. The molecule has 1 aromatic carbocycles. The number of nitrogens with two attached hydrogens (primary N) is 1. The zero-order valence-corrected chi connectivity index (χ0v) is 12.2. The number of hydrogen-bond donors (Lipinski definition) is 2. The smallest absolute Gasteiger partial charge is 0.221 e. The van der Waals surface area contributed by atoms with Crippen molar-refractivity contribution in [2.75, 3.05) is 13.1 Å². The van der Waals surface area contributed by atoms with Gasteiger partial charge in [-0.2, -0.15) is 0 Å². The molecule has 2 atom stereocenters. The second-order valence-electron chi connectivity index (χ2n) is 5.81. The summed E-state index contributed by atoms with van der Waals surface area (Å²) in [5, 5.41) is 3.11. The molecule has 0 saturated carbocycles. The Balaban J connectivity index is 1.81. The lowest BCUT2D eigenvalue weighted by molar-refractivity contribution is -0.122. The lowest BCUT2D eigenvalue weighted by Gasteiger charge is -2.33. The Hall–Kier alpha value is -1.39. The van der Waals surface area contributed by atoms with Crippen LogP contribution in [-0.2, 0) is 11.3 Å². The van der Waals surface area contributed by atoms with E-state index in [2.05, 4.69) is 34.5 Å². The fourth-order valence-electron chi connectivity index (χ4n) is 2.74. The summed E-state index contributed by atoms with van der Waals surface area (Å²) >= 11 is 0. The third-order valence-corrected chi connectivity index (χ3v) is 3.63. The average Bonchev–Trinajstić information content (AvgIpc) is 2.39. The van der Waals surface area contributed by atoms with Gasteiger partial charge in [-0.3, -0.25) is 9.69 Å². The molecule has 4 nitrogen and oxygen atoms in total. The van der Waals surface area contributed by atoms with Gasteiger partial charge in [-0.1, -0.05) is 30.3 Å². The summed E-state index contributed by atoms with van der Waals surface area (Å²) in [5.74, 6) is 0.0755. The molecule has 1 fully saturated rings. The number of rotatable bonds is 5. The molecule has 1 aromatic rings. The van der Waals surface area contributed by atoms with Gasteiger partial charge in [-0.15, -0.1) is 0 Å². The number of hydrogen-bond acceptors (Lipinski definition) is 3. The standard InChI is InChI=1S/C16H25N3O/c1-13(17)10-16(20)18-15-8-5-9-19(12-15)11-14-6-3-2-4-7-14/h2-4,6-7,13,15H,5,8-12,17H2,1H3,(H,18,20). The van der Waals surface area contributed by atoms with Gasteiger partial charge in [0.15, 0.2) is 0 Å². The molecule has 3 N–H and O–H groups in total. The Morgan fingerprint density at radius 1 is 1.45 bits per heavy atom. The van der Waals surface area contributed by atoms with Gasteiger partial charge in [0.05, 0.1) is 0 Å². The van der Waals surface area contributed by atoms with E-state index in [4.69, 9.17) is 5.73 Å². The minimum Gasteiger partial charge on any atom is -0.352 e. The van der Waals surface area contributed by atoms with E-state index in [1.807, 2.05) is 13.0 Å². The molecule has 1 amide bonds. The van der Waals surface area contributed by atoms with E-state index in [1.54, 1.807) is 0 Å². The summed E-state index contributed by atoms with van der Waals surface area (Å²) in [4.78, 5) is 14.2. The van der Waals surface area contributed by atoms with Crippen molar-refractivity contribution < 1.29 is 4.79 Å². The number of carbonyl (C=O) groups is 1. The van der Waals surface area contributed by atoms with Crippen molar-refractivity contribution in [3.8, 4) is 0 Å². The molecule has 0 spiro atoms. The first-order valence-corrected chi connectivity index (χ1v) is 7.44. The molecule has 1 aliphatic heterocycles. The minimum atomic E-state index is -0.0704. The van der Waals surface area contributed by atoms with E-state index in [-0.39, 0.29) is 18.0 Å². The summed E-state index contributed by atoms with van der Waals surface area (Å²) < 4.78 is 0. The van der Waals surface area contributed by atoms with E-state index in [9.17, 15) is 4.79 Å². The number of likely N-dealkylation sites (tertiary alicyclic amines) is 1. The molecule has 0 radical (unpaired) electrons. The van der Waals surface area contributed by atoms with Gasteiger partial charge in [0.2, 0.25) is 5.91 Å². The van der Waals surface area contributed by atoms with E-state index < -0.39 is 0 Å². The summed E-state index contributed by atoms with van der Waals surface area (Å²) in [6.07, 6.45) is 2.61. The van der Waals surface area contributed by atoms with Gasteiger partial charge in [-0.25, -0.2) is 0 Å². The molecule has 20 heavy (non-hydrogen) atoms. The van der Waals surface area contributed by atoms with E-state index >= 15 is 0 Å². The molecule has 2 rings (SSSR count). The Kier molecular flexibility index (Phi) is 5.56. The fourth-order valence-corrected chi connectivity index (χ4v) is 2.74. The molecule has 1 saturated heterocycles. The number of carbonyl (C=O) groups excluding carboxylic acids is 1. The van der Waals surface area contributed by atoms with Crippen molar-refractivity contribution in [1.29, 1.82) is 0 Å². The van der Waals surface area contributed by atoms with Gasteiger partial charge < -0.3 is 11.1 Å². The van der Waals surface area contributed by atoms with Crippen LogP contribution in [0.5, 0.6) is 0 Å². The topological polar surface area (TPSA) is 58.4 Å². The highest BCUT2D eigenvalue weighted by atomic mass is 16.1. The number of nitrogens with zero attached hydrogens (tertiary/aromatic N) is 1. The second kappa shape index (κ2) is 7.41. The molecule has 4 heteroatoms. The first-order valence-electron chi connectivity index (χ1n) is 7.44. The van der Waals surface area contributed by atoms with Crippen LogP contribution in [0.25, 0.3) is 0 Å². The predicted molar refractivity (Wildman–Crippen MR) is 81.2 cm³/mol. The second-order valence-corrected chi connectivity index (χ2v) is 5.81. The Labute approximate surface area is 121 Å². The van der Waals surface area contributed by atoms with Gasteiger partial charge in [0.1, 0.15) is 0 Å². The molecule has 0 aromatic heterocycles. The minimum absolute atomic E-state index is 0.0704. The van der Waals surface area contributed by atoms with Gasteiger partial charge in [0.25, 0.3) is 0 Å². The van der Waals surface area contributed by atoms with Crippen molar-refractivity contribution in [1.82, 2.24) is 10.2 Å². The van der Waals surface area contributed by atoms with Crippen molar-refractivity contribution in [3.05, 3.63) is 35.9 Å². The molecule has 1 aliphatic rings. The van der Waals surface area contributed by atoms with Crippen LogP contribution in [0.1, 0.15) is 31.7 Å². The van der Waals surface area contributed by atoms with Crippen LogP contribution in [0.15, 0.2) is 30.3 Å². The summed E-state index contributed by atoms with van der Waals surface area (Å²) in [5.41, 5.74) is 6.99. The molecule has 0 bridgehead atoms. The monoisotopic (exact) mass is 275 g/mol. The molecular weight excluding hydrogens is 250 g/mol. The number of benzene rings is 1. The Morgan fingerprint density at radius 2 is 2.20 bits per heavy atom. The maximum Gasteiger partial charge on any atom is 0.221 e. The highest BCUT2D eigenvalue weighted by molar-refractivity contribution is 5.76. The maximum absolute atomic E-state index is 11.8. The van der Waals surface area contributed by atoms with Crippen molar-refractivity contribution in [2.45, 2.75) is 44.8 Å². The van der Waals surface area contributed by atoms with E-state index in [0.717, 1.165) is 32.5 Å².